The van der Waals surface area contributed by atoms with E-state index in [0.717, 1.165) is 5.56 Å². The summed E-state index contributed by atoms with van der Waals surface area (Å²) in [6, 6.07) is 8.96. The molecule has 0 saturated carbocycles. The molecule has 0 unspecified atom stereocenters. The van der Waals surface area contributed by atoms with Crippen LogP contribution in [0.1, 0.15) is 5.56 Å². The third-order valence-electron chi connectivity index (χ3n) is 2.47. The van der Waals surface area contributed by atoms with E-state index in [-0.39, 0.29) is 18.4 Å². The Morgan fingerprint density at radius 1 is 1.44 bits per heavy atom. The van der Waals surface area contributed by atoms with Crippen molar-refractivity contribution < 1.29 is 13.7 Å². The average molecular weight is 266 g/mol. The van der Waals surface area contributed by atoms with Crippen molar-refractivity contribution in [3.05, 3.63) is 47.4 Å². The molecule has 18 heavy (non-hydrogen) atoms. The first-order valence-corrected chi connectivity index (χ1v) is 7.26. The second-order valence-corrected chi connectivity index (χ2v) is 6.09. The van der Waals surface area contributed by atoms with Crippen molar-refractivity contribution in [2.24, 2.45) is 0 Å². The Bertz CT molecular complexity index is 552. The van der Waals surface area contributed by atoms with E-state index in [0.29, 0.717) is 0 Å². The van der Waals surface area contributed by atoms with Crippen LogP contribution in [0.25, 0.3) is 0 Å². The highest BCUT2D eigenvalue weighted by molar-refractivity contribution is 7.95. The number of hydrogen-bond donors (Lipinski definition) is 2. The lowest BCUT2D eigenvalue weighted by atomic mass is 10.2. The minimum Gasteiger partial charge on any atom is -0.445 e. The number of rotatable bonds is 3. The number of carbonyl (C=O) groups excluding carboxylic acids is 1. The molecule has 1 aromatic rings. The first-order chi connectivity index (χ1) is 8.55. The SMILES string of the molecule is N=[S@]1(=O)C=C[C@@H](NC(=O)OCc2ccccc2)C1. The minimum absolute atomic E-state index is 0.118. The zero-order chi connectivity index (χ0) is 13.0. The van der Waals surface area contributed by atoms with Gasteiger partial charge in [0.15, 0.2) is 0 Å². The molecule has 0 aliphatic carbocycles. The fourth-order valence-corrected chi connectivity index (χ4v) is 2.89. The van der Waals surface area contributed by atoms with Crippen LogP contribution in [0.15, 0.2) is 41.8 Å². The van der Waals surface area contributed by atoms with Crippen LogP contribution in [0.2, 0.25) is 0 Å². The average Bonchev–Trinajstić information content (AvgIpc) is 2.67. The standard InChI is InChI=1S/C12H14N2O3S/c13-18(16)7-6-11(9-18)14-12(15)17-8-10-4-2-1-3-5-10/h1-7,11,13H,8-9H2,(H,14,15)/t11-,18+/m1/s1. The Hall–Kier alpha value is -1.82. The Morgan fingerprint density at radius 3 is 2.78 bits per heavy atom. The van der Waals surface area contributed by atoms with Gasteiger partial charge in [-0.3, -0.25) is 0 Å². The summed E-state index contributed by atoms with van der Waals surface area (Å²) in [6.07, 6.45) is 1.00. The number of amides is 1. The van der Waals surface area contributed by atoms with Crippen LogP contribution < -0.4 is 5.32 Å². The number of alkyl carbamates (subject to hydrolysis) is 1. The van der Waals surface area contributed by atoms with E-state index >= 15 is 0 Å². The van der Waals surface area contributed by atoms with Crippen molar-refractivity contribution in [3.63, 3.8) is 0 Å². The lowest BCUT2D eigenvalue weighted by Crippen LogP contribution is -2.35. The second kappa shape index (κ2) is 5.22. The predicted molar refractivity (Wildman–Crippen MR) is 68.4 cm³/mol. The normalized spacial score (nSPS) is 25.9. The summed E-state index contributed by atoms with van der Waals surface area (Å²) in [5.74, 6) is 0.118. The summed E-state index contributed by atoms with van der Waals surface area (Å²) in [5.41, 5.74) is 0.902. The van der Waals surface area contributed by atoms with Crippen molar-refractivity contribution in [1.82, 2.24) is 5.32 Å². The summed E-state index contributed by atoms with van der Waals surface area (Å²) in [6.45, 7) is 0.194. The van der Waals surface area contributed by atoms with E-state index in [1.165, 1.54) is 5.41 Å². The molecule has 1 heterocycles. The van der Waals surface area contributed by atoms with Crippen molar-refractivity contribution in [2.45, 2.75) is 12.6 Å². The monoisotopic (exact) mass is 266 g/mol. The maximum Gasteiger partial charge on any atom is 0.407 e. The molecule has 0 saturated heterocycles. The molecular weight excluding hydrogens is 252 g/mol. The van der Waals surface area contributed by atoms with Crippen LogP contribution in [0, 0.1) is 4.78 Å². The van der Waals surface area contributed by atoms with Gasteiger partial charge in [-0.2, -0.15) is 0 Å². The van der Waals surface area contributed by atoms with E-state index < -0.39 is 15.8 Å². The van der Waals surface area contributed by atoms with Crippen LogP contribution in [0.5, 0.6) is 0 Å². The predicted octanol–water partition coefficient (Wildman–Crippen LogP) is 1.86. The van der Waals surface area contributed by atoms with Crippen LogP contribution in [0.4, 0.5) is 4.79 Å². The highest BCUT2D eigenvalue weighted by atomic mass is 32.2. The first-order valence-electron chi connectivity index (χ1n) is 5.47. The number of carbonyl (C=O) groups is 1. The van der Waals surface area contributed by atoms with Crippen molar-refractivity contribution in [1.29, 1.82) is 4.78 Å². The van der Waals surface area contributed by atoms with E-state index in [2.05, 4.69) is 5.32 Å². The Morgan fingerprint density at radius 2 is 2.17 bits per heavy atom. The van der Waals surface area contributed by atoms with Gasteiger partial charge < -0.3 is 10.1 Å². The largest absolute Gasteiger partial charge is 0.445 e. The molecule has 0 fully saturated rings. The van der Waals surface area contributed by atoms with Crippen LogP contribution >= 0.6 is 0 Å². The maximum absolute atomic E-state index is 11.5. The van der Waals surface area contributed by atoms with Gasteiger partial charge in [0.1, 0.15) is 6.61 Å². The van der Waals surface area contributed by atoms with Crippen LogP contribution in [0.3, 0.4) is 0 Å². The number of ether oxygens (including phenoxy) is 1. The van der Waals surface area contributed by atoms with Crippen LogP contribution in [-0.2, 0) is 21.1 Å². The van der Waals surface area contributed by atoms with Gasteiger partial charge in [0.25, 0.3) is 0 Å². The van der Waals surface area contributed by atoms with E-state index in [1.54, 1.807) is 6.08 Å². The molecule has 1 aliphatic heterocycles. The van der Waals surface area contributed by atoms with Gasteiger partial charge in [-0.15, -0.1) is 0 Å². The number of hydrogen-bond acceptors (Lipinski definition) is 4. The lowest BCUT2D eigenvalue weighted by Gasteiger charge is -2.11. The van der Waals surface area contributed by atoms with Crippen molar-refractivity contribution in [2.75, 3.05) is 5.75 Å². The molecule has 1 aromatic carbocycles. The summed E-state index contributed by atoms with van der Waals surface area (Å²) < 4.78 is 23.7. The molecule has 1 amide bonds. The molecule has 96 valence electrons. The fourth-order valence-electron chi connectivity index (χ4n) is 1.61. The summed E-state index contributed by atoms with van der Waals surface area (Å²) >= 11 is 0. The smallest absolute Gasteiger partial charge is 0.407 e. The highest BCUT2D eigenvalue weighted by Gasteiger charge is 2.20. The maximum atomic E-state index is 11.5. The zero-order valence-electron chi connectivity index (χ0n) is 9.67. The molecule has 2 N–H and O–H groups in total. The Kier molecular flexibility index (Phi) is 3.66. The molecule has 0 radical (unpaired) electrons. The third kappa shape index (κ3) is 3.59. The first kappa shape index (κ1) is 12.6. The zero-order valence-corrected chi connectivity index (χ0v) is 10.5. The molecular formula is C12H14N2O3S. The van der Waals surface area contributed by atoms with Crippen LogP contribution in [-0.4, -0.2) is 22.1 Å². The van der Waals surface area contributed by atoms with Gasteiger partial charge in [0.05, 0.1) is 21.5 Å². The third-order valence-corrected chi connectivity index (χ3v) is 3.92. The molecule has 0 bridgehead atoms. The quantitative estimate of drug-likeness (QED) is 0.876. The molecule has 6 heteroatoms. The molecule has 0 spiro atoms. The van der Waals surface area contributed by atoms with Gasteiger partial charge in [0.2, 0.25) is 0 Å². The highest BCUT2D eigenvalue weighted by Crippen LogP contribution is 2.09. The summed E-state index contributed by atoms with van der Waals surface area (Å²) in [5, 5.41) is 3.89. The molecule has 1 aliphatic rings. The fraction of sp³-hybridized carbons (Fsp3) is 0.250. The van der Waals surface area contributed by atoms with Gasteiger partial charge in [0, 0.05) is 5.41 Å². The minimum atomic E-state index is -2.66. The second-order valence-electron chi connectivity index (χ2n) is 4.03. The van der Waals surface area contributed by atoms with Gasteiger partial charge in [-0.25, -0.2) is 13.8 Å². The Balaban J connectivity index is 1.79. The van der Waals surface area contributed by atoms with Gasteiger partial charge in [-0.1, -0.05) is 36.4 Å². The van der Waals surface area contributed by atoms with E-state index in [4.69, 9.17) is 9.52 Å². The number of nitrogens with one attached hydrogen (secondary N) is 2. The molecule has 0 aromatic heterocycles. The molecule has 5 nitrogen and oxygen atoms in total. The lowest BCUT2D eigenvalue weighted by molar-refractivity contribution is 0.138. The number of benzene rings is 1. The van der Waals surface area contributed by atoms with E-state index in [1.807, 2.05) is 30.3 Å². The van der Waals surface area contributed by atoms with Gasteiger partial charge >= 0.3 is 6.09 Å². The van der Waals surface area contributed by atoms with E-state index in [9.17, 15) is 9.00 Å². The van der Waals surface area contributed by atoms with Crippen molar-refractivity contribution >= 4 is 15.8 Å². The van der Waals surface area contributed by atoms with Gasteiger partial charge in [-0.05, 0) is 5.56 Å². The molecule has 2 atom stereocenters. The topological polar surface area (TPSA) is 79.3 Å². The summed E-state index contributed by atoms with van der Waals surface area (Å²) in [4.78, 5) is 11.5. The Labute approximate surface area is 106 Å². The summed E-state index contributed by atoms with van der Waals surface area (Å²) in [7, 11) is -2.66. The molecule has 2 rings (SSSR count). The van der Waals surface area contributed by atoms with Crippen molar-refractivity contribution in [3.8, 4) is 0 Å².